The highest BCUT2D eigenvalue weighted by Gasteiger charge is 2.33. The lowest BCUT2D eigenvalue weighted by atomic mass is 9.96. The van der Waals surface area contributed by atoms with Crippen molar-refractivity contribution >= 4 is 10.2 Å². The molecule has 0 aliphatic carbocycles. The Morgan fingerprint density at radius 2 is 2.14 bits per heavy atom. The molecule has 1 fully saturated rings. The standard InChI is InChI=1S/C13H22N4O3S/c1-3-16(4-2)21(19,20)17-9-5-6-11(10-17)12-7-8-14-13(18)15-12/h7-8,11H,3-6,9-10H2,1-2H3,(H,14,15,18)/t11-/m1/s1. The molecule has 1 aliphatic rings. The third-order valence-corrected chi connectivity index (χ3v) is 6.03. The van der Waals surface area contributed by atoms with Gasteiger partial charge in [0, 0.05) is 44.0 Å². The van der Waals surface area contributed by atoms with E-state index >= 15 is 0 Å². The van der Waals surface area contributed by atoms with Gasteiger partial charge in [0.25, 0.3) is 10.2 Å². The molecule has 0 amide bonds. The summed E-state index contributed by atoms with van der Waals surface area (Å²) < 4.78 is 28.1. The van der Waals surface area contributed by atoms with Crippen LogP contribution in [0.1, 0.15) is 38.3 Å². The van der Waals surface area contributed by atoms with Crippen LogP contribution in [-0.2, 0) is 10.2 Å². The van der Waals surface area contributed by atoms with E-state index in [1.54, 1.807) is 6.07 Å². The van der Waals surface area contributed by atoms with Crippen LogP contribution in [0.15, 0.2) is 17.1 Å². The Bertz CT molecular complexity index is 624. The highest BCUT2D eigenvalue weighted by Crippen LogP contribution is 2.27. The average Bonchev–Trinajstić information content (AvgIpc) is 2.48. The molecule has 0 unspecified atom stereocenters. The molecule has 0 radical (unpaired) electrons. The molecule has 1 aromatic heterocycles. The number of piperidine rings is 1. The Kier molecular flexibility index (Phi) is 5.13. The first-order chi connectivity index (χ1) is 9.98. The molecule has 0 bridgehead atoms. The molecule has 8 heteroatoms. The molecule has 2 heterocycles. The molecule has 1 aromatic rings. The fourth-order valence-corrected chi connectivity index (χ4v) is 4.45. The molecule has 1 aliphatic heterocycles. The van der Waals surface area contributed by atoms with E-state index in [1.165, 1.54) is 14.8 Å². The molecule has 118 valence electrons. The van der Waals surface area contributed by atoms with E-state index in [0.29, 0.717) is 26.2 Å². The van der Waals surface area contributed by atoms with Crippen molar-refractivity contribution in [2.45, 2.75) is 32.6 Å². The Morgan fingerprint density at radius 1 is 1.43 bits per heavy atom. The second kappa shape index (κ2) is 6.67. The van der Waals surface area contributed by atoms with Crippen LogP contribution in [0, 0.1) is 0 Å². The zero-order valence-electron chi connectivity index (χ0n) is 12.4. The molecule has 0 aromatic carbocycles. The van der Waals surface area contributed by atoms with E-state index in [1.807, 2.05) is 13.8 Å². The van der Waals surface area contributed by atoms with Crippen LogP contribution in [0.25, 0.3) is 0 Å². The van der Waals surface area contributed by atoms with Crippen molar-refractivity contribution in [2.24, 2.45) is 0 Å². The SMILES string of the molecule is CCN(CC)S(=O)(=O)N1CCC[C@@H](c2ccnc(=O)[nH]2)C1. The first-order valence-electron chi connectivity index (χ1n) is 7.29. The topological polar surface area (TPSA) is 86.4 Å². The second-order valence-electron chi connectivity index (χ2n) is 5.12. The van der Waals surface area contributed by atoms with Gasteiger partial charge in [-0.1, -0.05) is 13.8 Å². The first kappa shape index (κ1) is 16.1. The Morgan fingerprint density at radius 3 is 2.76 bits per heavy atom. The maximum atomic E-state index is 12.6. The van der Waals surface area contributed by atoms with Gasteiger partial charge in [-0.15, -0.1) is 0 Å². The predicted molar refractivity (Wildman–Crippen MR) is 80.2 cm³/mol. The highest BCUT2D eigenvalue weighted by atomic mass is 32.2. The maximum absolute atomic E-state index is 12.6. The largest absolute Gasteiger partial charge is 0.345 e. The number of rotatable bonds is 5. The van der Waals surface area contributed by atoms with E-state index in [4.69, 9.17) is 0 Å². The van der Waals surface area contributed by atoms with E-state index in [0.717, 1.165) is 18.5 Å². The number of aromatic amines is 1. The number of aromatic nitrogens is 2. The van der Waals surface area contributed by atoms with Crippen molar-refractivity contribution in [1.29, 1.82) is 0 Å². The molecular formula is C13H22N4O3S. The van der Waals surface area contributed by atoms with Crippen molar-refractivity contribution in [1.82, 2.24) is 18.6 Å². The average molecular weight is 314 g/mol. The van der Waals surface area contributed by atoms with Gasteiger partial charge in [-0.3, -0.25) is 0 Å². The van der Waals surface area contributed by atoms with Crippen molar-refractivity contribution < 1.29 is 8.42 Å². The minimum Gasteiger partial charge on any atom is -0.309 e. The van der Waals surface area contributed by atoms with Crippen molar-refractivity contribution in [3.63, 3.8) is 0 Å². The molecule has 0 spiro atoms. The molecule has 1 saturated heterocycles. The molecule has 0 saturated carbocycles. The molecule has 1 atom stereocenters. The van der Waals surface area contributed by atoms with Gasteiger partial charge in [-0.2, -0.15) is 17.0 Å². The predicted octanol–water partition coefficient (Wildman–Crippen LogP) is 0.536. The lowest BCUT2D eigenvalue weighted by Gasteiger charge is -2.34. The number of hydrogen-bond acceptors (Lipinski definition) is 4. The summed E-state index contributed by atoms with van der Waals surface area (Å²) in [7, 11) is -3.42. The number of nitrogens with zero attached hydrogens (tertiary/aromatic N) is 3. The van der Waals surface area contributed by atoms with Crippen LogP contribution in [0.4, 0.5) is 0 Å². The Balaban J connectivity index is 2.19. The van der Waals surface area contributed by atoms with E-state index in [9.17, 15) is 13.2 Å². The zero-order chi connectivity index (χ0) is 15.5. The Hall–Kier alpha value is -1.25. The fraction of sp³-hybridized carbons (Fsp3) is 0.692. The summed E-state index contributed by atoms with van der Waals surface area (Å²) in [5.41, 5.74) is 0.366. The quantitative estimate of drug-likeness (QED) is 0.859. The third kappa shape index (κ3) is 3.50. The fourth-order valence-electron chi connectivity index (χ4n) is 2.74. The van der Waals surface area contributed by atoms with E-state index < -0.39 is 15.9 Å². The van der Waals surface area contributed by atoms with Gasteiger partial charge < -0.3 is 4.98 Å². The van der Waals surface area contributed by atoms with Crippen LogP contribution in [0.3, 0.4) is 0 Å². The van der Waals surface area contributed by atoms with Crippen molar-refractivity contribution in [3.05, 3.63) is 28.4 Å². The molecular weight excluding hydrogens is 292 g/mol. The zero-order valence-corrected chi connectivity index (χ0v) is 13.3. The summed E-state index contributed by atoms with van der Waals surface area (Å²) in [4.78, 5) is 17.6. The normalized spacial score (nSPS) is 20.8. The molecule has 2 rings (SSSR count). The summed E-state index contributed by atoms with van der Waals surface area (Å²) >= 11 is 0. The molecule has 21 heavy (non-hydrogen) atoms. The highest BCUT2D eigenvalue weighted by molar-refractivity contribution is 7.86. The summed E-state index contributed by atoms with van der Waals surface area (Å²) in [6, 6.07) is 1.75. The minimum atomic E-state index is -3.42. The lowest BCUT2D eigenvalue weighted by molar-refractivity contribution is 0.285. The van der Waals surface area contributed by atoms with Gasteiger partial charge in [0.1, 0.15) is 0 Å². The van der Waals surface area contributed by atoms with Crippen LogP contribution in [-0.4, -0.2) is 53.2 Å². The van der Waals surface area contributed by atoms with E-state index in [2.05, 4.69) is 9.97 Å². The van der Waals surface area contributed by atoms with Gasteiger partial charge in [-0.05, 0) is 18.9 Å². The van der Waals surface area contributed by atoms with Crippen molar-refractivity contribution in [3.8, 4) is 0 Å². The van der Waals surface area contributed by atoms with Gasteiger partial charge in [-0.25, -0.2) is 9.78 Å². The van der Waals surface area contributed by atoms with Crippen LogP contribution in [0.5, 0.6) is 0 Å². The molecule has 7 nitrogen and oxygen atoms in total. The molecule has 1 N–H and O–H groups in total. The van der Waals surface area contributed by atoms with Crippen molar-refractivity contribution in [2.75, 3.05) is 26.2 Å². The van der Waals surface area contributed by atoms with Gasteiger partial charge in [0.15, 0.2) is 0 Å². The van der Waals surface area contributed by atoms with Gasteiger partial charge in [0.2, 0.25) is 0 Å². The summed E-state index contributed by atoms with van der Waals surface area (Å²) in [6.45, 7) is 5.53. The number of nitrogens with one attached hydrogen (secondary N) is 1. The monoisotopic (exact) mass is 314 g/mol. The summed E-state index contributed by atoms with van der Waals surface area (Å²) in [5.74, 6) is 0.0137. The van der Waals surface area contributed by atoms with Gasteiger partial charge in [0.05, 0.1) is 0 Å². The minimum absolute atomic E-state index is 0.0137. The van der Waals surface area contributed by atoms with E-state index in [-0.39, 0.29) is 5.92 Å². The maximum Gasteiger partial charge on any atom is 0.345 e. The number of H-pyrrole nitrogens is 1. The smallest absolute Gasteiger partial charge is 0.309 e. The van der Waals surface area contributed by atoms with Crippen LogP contribution < -0.4 is 5.69 Å². The lowest BCUT2D eigenvalue weighted by Crippen LogP contribution is -2.47. The second-order valence-corrected chi connectivity index (χ2v) is 7.05. The van der Waals surface area contributed by atoms with Crippen LogP contribution in [0.2, 0.25) is 0 Å². The number of hydrogen-bond donors (Lipinski definition) is 1. The van der Waals surface area contributed by atoms with Gasteiger partial charge >= 0.3 is 5.69 Å². The summed E-state index contributed by atoms with van der Waals surface area (Å²) in [5, 5.41) is 0. The van der Waals surface area contributed by atoms with Crippen LogP contribution >= 0.6 is 0 Å². The third-order valence-electron chi connectivity index (χ3n) is 3.88. The Labute approximate surface area is 125 Å². The first-order valence-corrected chi connectivity index (χ1v) is 8.69. The summed E-state index contributed by atoms with van der Waals surface area (Å²) in [6.07, 6.45) is 3.12.